The van der Waals surface area contributed by atoms with Crippen LogP contribution in [0, 0.1) is 6.92 Å². The van der Waals surface area contributed by atoms with Crippen LogP contribution in [0.1, 0.15) is 32.7 Å². The van der Waals surface area contributed by atoms with Crippen LogP contribution in [0.5, 0.6) is 5.75 Å². The number of alkyl halides is 2. The van der Waals surface area contributed by atoms with Gasteiger partial charge < -0.3 is 15.4 Å². The SMILES string of the molecule is Cc1ncc2c(c1CNC(=O)c1ccccc1OC(F)F)CCNC2. The Labute approximate surface area is 144 Å². The molecule has 1 aliphatic rings. The average molecular weight is 347 g/mol. The third-order valence-electron chi connectivity index (χ3n) is 4.24. The number of hydrogen-bond acceptors (Lipinski definition) is 4. The lowest BCUT2D eigenvalue weighted by atomic mass is 9.96. The molecular weight excluding hydrogens is 328 g/mol. The molecule has 1 aliphatic heterocycles. The number of carbonyl (C=O) groups is 1. The number of pyridine rings is 1. The van der Waals surface area contributed by atoms with Gasteiger partial charge in [0.1, 0.15) is 5.75 Å². The van der Waals surface area contributed by atoms with Gasteiger partial charge in [0.05, 0.1) is 5.56 Å². The molecule has 25 heavy (non-hydrogen) atoms. The van der Waals surface area contributed by atoms with Crippen LogP contribution in [-0.2, 0) is 19.5 Å². The first-order valence-electron chi connectivity index (χ1n) is 8.05. The fourth-order valence-electron chi connectivity index (χ4n) is 2.99. The van der Waals surface area contributed by atoms with E-state index < -0.39 is 12.5 Å². The van der Waals surface area contributed by atoms with E-state index in [9.17, 15) is 13.6 Å². The first-order chi connectivity index (χ1) is 12.1. The highest BCUT2D eigenvalue weighted by atomic mass is 19.3. The lowest BCUT2D eigenvalue weighted by molar-refractivity contribution is -0.0501. The Kier molecular flexibility index (Phi) is 5.23. The summed E-state index contributed by atoms with van der Waals surface area (Å²) in [6.45, 7) is 0.854. The molecule has 2 N–H and O–H groups in total. The quantitative estimate of drug-likeness (QED) is 0.873. The minimum Gasteiger partial charge on any atom is -0.434 e. The van der Waals surface area contributed by atoms with Gasteiger partial charge in [-0.25, -0.2) is 0 Å². The molecule has 0 saturated carbocycles. The second-order valence-corrected chi connectivity index (χ2v) is 5.81. The van der Waals surface area contributed by atoms with Crippen molar-refractivity contribution in [2.45, 2.75) is 33.0 Å². The predicted molar refractivity (Wildman–Crippen MR) is 88.6 cm³/mol. The first kappa shape index (κ1) is 17.3. The average Bonchev–Trinajstić information content (AvgIpc) is 2.60. The molecule has 3 rings (SSSR count). The molecule has 0 saturated heterocycles. The predicted octanol–water partition coefficient (Wildman–Crippen LogP) is 2.57. The summed E-state index contributed by atoms with van der Waals surface area (Å²) in [5.74, 6) is -0.591. The number of nitrogens with zero attached hydrogens (tertiary/aromatic N) is 1. The monoisotopic (exact) mass is 347 g/mol. The number of nitrogens with one attached hydrogen (secondary N) is 2. The molecule has 1 amide bonds. The van der Waals surface area contributed by atoms with E-state index in [2.05, 4.69) is 20.4 Å². The van der Waals surface area contributed by atoms with Crippen molar-refractivity contribution >= 4 is 5.91 Å². The Morgan fingerprint density at radius 2 is 2.20 bits per heavy atom. The molecule has 1 aromatic carbocycles. The first-order valence-corrected chi connectivity index (χ1v) is 8.05. The van der Waals surface area contributed by atoms with E-state index in [-0.39, 0.29) is 11.3 Å². The molecular formula is C18H19F2N3O2. The van der Waals surface area contributed by atoms with Gasteiger partial charge in [-0.05, 0) is 48.7 Å². The Balaban J connectivity index is 1.78. The summed E-state index contributed by atoms with van der Waals surface area (Å²) in [5, 5.41) is 6.08. The van der Waals surface area contributed by atoms with Gasteiger partial charge in [0.25, 0.3) is 5.91 Å². The van der Waals surface area contributed by atoms with Gasteiger partial charge in [-0.3, -0.25) is 9.78 Å². The number of aromatic nitrogens is 1. The van der Waals surface area contributed by atoms with Crippen molar-refractivity contribution in [1.29, 1.82) is 0 Å². The van der Waals surface area contributed by atoms with Gasteiger partial charge in [-0.1, -0.05) is 12.1 Å². The van der Waals surface area contributed by atoms with Crippen LogP contribution in [-0.4, -0.2) is 24.0 Å². The Bertz CT molecular complexity index is 781. The summed E-state index contributed by atoms with van der Waals surface area (Å²) < 4.78 is 29.4. The number of rotatable bonds is 5. The molecule has 0 spiro atoms. The molecule has 7 heteroatoms. The molecule has 0 fully saturated rings. The van der Waals surface area contributed by atoms with Gasteiger partial charge in [0, 0.05) is 25.0 Å². The summed E-state index contributed by atoms with van der Waals surface area (Å²) >= 11 is 0. The zero-order valence-corrected chi connectivity index (χ0v) is 13.8. The van der Waals surface area contributed by atoms with Crippen LogP contribution < -0.4 is 15.4 Å². The van der Waals surface area contributed by atoms with E-state index in [0.29, 0.717) is 6.54 Å². The molecule has 132 valence electrons. The topological polar surface area (TPSA) is 63.2 Å². The largest absolute Gasteiger partial charge is 0.434 e. The Morgan fingerprint density at radius 3 is 3.00 bits per heavy atom. The smallest absolute Gasteiger partial charge is 0.387 e. The van der Waals surface area contributed by atoms with Crippen LogP contribution in [0.15, 0.2) is 30.5 Å². The van der Waals surface area contributed by atoms with Crippen LogP contribution in [0.3, 0.4) is 0 Å². The number of fused-ring (bicyclic) bond motifs is 1. The minimum absolute atomic E-state index is 0.0832. The van der Waals surface area contributed by atoms with Gasteiger partial charge in [-0.2, -0.15) is 8.78 Å². The second-order valence-electron chi connectivity index (χ2n) is 5.81. The molecule has 2 heterocycles. The minimum atomic E-state index is -2.98. The molecule has 0 bridgehead atoms. The van der Waals surface area contributed by atoms with Crippen LogP contribution >= 0.6 is 0 Å². The molecule has 0 unspecified atom stereocenters. The fourth-order valence-corrected chi connectivity index (χ4v) is 2.99. The lowest BCUT2D eigenvalue weighted by Gasteiger charge is -2.21. The van der Waals surface area contributed by atoms with E-state index >= 15 is 0 Å². The molecule has 1 aromatic heterocycles. The molecule has 5 nitrogen and oxygen atoms in total. The summed E-state index contributed by atoms with van der Waals surface area (Å²) in [6.07, 6.45) is 2.73. The Morgan fingerprint density at radius 1 is 1.40 bits per heavy atom. The number of halogens is 2. The maximum atomic E-state index is 12.5. The molecule has 2 aromatic rings. The van der Waals surface area contributed by atoms with Crippen molar-refractivity contribution in [3.05, 3.63) is 58.4 Å². The van der Waals surface area contributed by atoms with Crippen molar-refractivity contribution in [1.82, 2.24) is 15.6 Å². The third kappa shape index (κ3) is 3.93. The molecule has 0 radical (unpaired) electrons. The van der Waals surface area contributed by atoms with Gasteiger partial charge in [0.15, 0.2) is 0 Å². The highest BCUT2D eigenvalue weighted by Gasteiger charge is 2.18. The highest BCUT2D eigenvalue weighted by molar-refractivity contribution is 5.96. The lowest BCUT2D eigenvalue weighted by Crippen LogP contribution is -2.29. The van der Waals surface area contributed by atoms with Crippen molar-refractivity contribution in [2.24, 2.45) is 0 Å². The number of amides is 1. The third-order valence-corrected chi connectivity index (χ3v) is 4.24. The number of aryl methyl sites for hydroxylation is 1. The molecule has 0 atom stereocenters. The number of hydrogen-bond donors (Lipinski definition) is 2. The Hall–Kier alpha value is -2.54. The second kappa shape index (κ2) is 7.57. The van der Waals surface area contributed by atoms with E-state index in [0.717, 1.165) is 36.3 Å². The van der Waals surface area contributed by atoms with Crippen molar-refractivity contribution in [2.75, 3.05) is 6.54 Å². The van der Waals surface area contributed by atoms with Crippen molar-refractivity contribution in [3.63, 3.8) is 0 Å². The normalized spacial score (nSPS) is 13.4. The fraction of sp³-hybridized carbons (Fsp3) is 0.333. The van der Waals surface area contributed by atoms with Crippen LogP contribution in [0.2, 0.25) is 0 Å². The number of carbonyl (C=O) groups excluding carboxylic acids is 1. The summed E-state index contributed by atoms with van der Waals surface area (Å²) in [5.41, 5.74) is 4.25. The zero-order valence-electron chi connectivity index (χ0n) is 13.8. The van der Waals surface area contributed by atoms with Gasteiger partial charge in [-0.15, -0.1) is 0 Å². The maximum absolute atomic E-state index is 12.5. The van der Waals surface area contributed by atoms with Gasteiger partial charge in [0.2, 0.25) is 0 Å². The maximum Gasteiger partial charge on any atom is 0.387 e. The standard InChI is InChI=1S/C18H19F2N3O2/c1-11-15(13-6-7-21-8-12(13)9-22-11)10-23-17(24)14-4-2-3-5-16(14)25-18(19)20/h2-5,9,18,21H,6-8,10H2,1H3,(H,23,24). The van der Waals surface area contributed by atoms with E-state index in [1.54, 1.807) is 12.1 Å². The number of para-hydroxylation sites is 1. The van der Waals surface area contributed by atoms with Crippen molar-refractivity contribution in [3.8, 4) is 5.75 Å². The number of ether oxygens (including phenoxy) is 1. The van der Waals surface area contributed by atoms with E-state index in [1.165, 1.54) is 17.7 Å². The van der Waals surface area contributed by atoms with Gasteiger partial charge >= 0.3 is 6.61 Å². The van der Waals surface area contributed by atoms with Crippen LogP contribution in [0.4, 0.5) is 8.78 Å². The summed E-state index contributed by atoms with van der Waals surface area (Å²) in [4.78, 5) is 16.8. The summed E-state index contributed by atoms with van der Waals surface area (Å²) in [7, 11) is 0. The van der Waals surface area contributed by atoms with Crippen LogP contribution in [0.25, 0.3) is 0 Å². The number of benzene rings is 1. The van der Waals surface area contributed by atoms with E-state index in [1.807, 2.05) is 13.1 Å². The van der Waals surface area contributed by atoms with E-state index in [4.69, 9.17) is 0 Å². The zero-order chi connectivity index (χ0) is 17.8. The molecule has 0 aliphatic carbocycles. The highest BCUT2D eigenvalue weighted by Crippen LogP contribution is 2.22. The summed E-state index contributed by atoms with van der Waals surface area (Å²) in [6, 6.07) is 5.96. The van der Waals surface area contributed by atoms with Crippen molar-refractivity contribution < 1.29 is 18.3 Å².